The molecule has 3 nitrogen and oxygen atoms in total. The maximum atomic E-state index is 6.48. The minimum Gasteiger partial charge on any atom is -0.543 e. The standard InChI is InChI=1S/C23H28O3Si/c1-23(2,3)27(4,5)26-16-10-11-19-20-15-25-21-9-7-6-8-18(21)17(20)12-13-24-22(19)14-16/h6-11,14H,12-13,15H2,1-5H3. The van der Waals surface area contributed by atoms with E-state index in [9.17, 15) is 0 Å². The van der Waals surface area contributed by atoms with Crippen LogP contribution in [0.5, 0.6) is 17.2 Å². The first-order valence-electron chi connectivity index (χ1n) is 9.67. The van der Waals surface area contributed by atoms with Crippen molar-refractivity contribution in [3.8, 4) is 17.2 Å². The van der Waals surface area contributed by atoms with E-state index in [-0.39, 0.29) is 5.04 Å². The molecular weight excluding hydrogens is 352 g/mol. The molecule has 0 saturated heterocycles. The third-order valence-electron chi connectivity index (χ3n) is 6.02. The van der Waals surface area contributed by atoms with Gasteiger partial charge in [-0.2, -0.15) is 0 Å². The number of rotatable bonds is 2. The molecule has 27 heavy (non-hydrogen) atoms. The summed E-state index contributed by atoms with van der Waals surface area (Å²) >= 11 is 0. The van der Waals surface area contributed by atoms with E-state index in [1.54, 1.807) is 0 Å². The fourth-order valence-electron chi connectivity index (χ4n) is 3.41. The van der Waals surface area contributed by atoms with E-state index in [0.717, 1.165) is 29.2 Å². The third kappa shape index (κ3) is 3.27. The maximum Gasteiger partial charge on any atom is 0.250 e. The van der Waals surface area contributed by atoms with Gasteiger partial charge < -0.3 is 13.9 Å². The first-order valence-corrected chi connectivity index (χ1v) is 12.6. The Bertz CT molecular complexity index is 906. The van der Waals surface area contributed by atoms with E-state index in [1.807, 2.05) is 12.1 Å². The molecule has 0 bridgehead atoms. The molecular formula is C23H28O3Si. The summed E-state index contributed by atoms with van der Waals surface area (Å²) in [4.78, 5) is 0. The summed E-state index contributed by atoms with van der Waals surface area (Å²) in [5, 5.41) is 0.164. The quantitative estimate of drug-likeness (QED) is 0.584. The molecule has 0 atom stereocenters. The number of hydrogen-bond acceptors (Lipinski definition) is 3. The average Bonchev–Trinajstić information content (AvgIpc) is 2.79. The highest BCUT2D eigenvalue weighted by atomic mass is 28.4. The summed E-state index contributed by atoms with van der Waals surface area (Å²) in [5.41, 5.74) is 4.89. The van der Waals surface area contributed by atoms with Crippen LogP contribution in [-0.2, 0) is 0 Å². The fourth-order valence-corrected chi connectivity index (χ4v) is 4.44. The van der Waals surface area contributed by atoms with E-state index < -0.39 is 8.32 Å². The van der Waals surface area contributed by atoms with Gasteiger partial charge in [0.25, 0.3) is 0 Å². The van der Waals surface area contributed by atoms with Gasteiger partial charge in [0.15, 0.2) is 0 Å². The molecule has 142 valence electrons. The number of benzene rings is 2. The van der Waals surface area contributed by atoms with Gasteiger partial charge in [0.1, 0.15) is 23.9 Å². The molecule has 0 unspecified atom stereocenters. The molecule has 0 saturated carbocycles. The van der Waals surface area contributed by atoms with Crippen LogP contribution in [0.1, 0.15) is 38.3 Å². The fraction of sp³-hybridized carbons (Fsp3) is 0.391. The Balaban J connectivity index is 1.73. The molecule has 2 aliphatic rings. The van der Waals surface area contributed by atoms with Crippen molar-refractivity contribution in [3.63, 3.8) is 0 Å². The zero-order valence-corrected chi connectivity index (χ0v) is 17.9. The molecule has 2 aromatic rings. The van der Waals surface area contributed by atoms with Crippen molar-refractivity contribution in [3.05, 3.63) is 53.6 Å². The smallest absolute Gasteiger partial charge is 0.250 e. The molecule has 0 fully saturated rings. The Labute approximate surface area is 163 Å². The lowest BCUT2D eigenvalue weighted by molar-refractivity contribution is 0.327. The molecule has 4 heteroatoms. The zero-order chi connectivity index (χ0) is 19.2. The van der Waals surface area contributed by atoms with Crippen molar-refractivity contribution in [1.29, 1.82) is 0 Å². The molecule has 2 heterocycles. The molecule has 0 amide bonds. The molecule has 0 N–H and O–H groups in total. The summed E-state index contributed by atoms with van der Waals surface area (Å²) in [5.74, 6) is 2.78. The lowest BCUT2D eigenvalue weighted by Gasteiger charge is -2.36. The van der Waals surface area contributed by atoms with Crippen molar-refractivity contribution in [2.24, 2.45) is 0 Å². The molecule has 0 spiro atoms. The van der Waals surface area contributed by atoms with E-state index in [0.29, 0.717) is 13.2 Å². The predicted octanol–water partition coefficient (Wildman–Crippen LogP) is 6.16. The van der Waals surface area contributed by atoms with E-state index in [1.165, 1.54) is 16.7 Å². The summed E-state index contributed by atoms with van der Waals surface area (Å²) in [7, 11) is -1.88. The predicted molar refractivity (Wildman–Crippen MR) is 113 cm³/mol. The molecule has 0 aliphatic carbocycles. The van der Waals surface area contributed by atoms with Gasteiger partial charge in [0.2, 0.25) is 8.32 Å². The number of para-hydroxylation sites is 1. The van der Waals surface area contributed by atoms with Crippen molar-refractivity contribution in [2.75, 3.05) is 13.2 Å². The molecule has 2 aromatic carbocycles. The summed E-state index contributed by atoms with van der Waals surface area (Å²) in [6, 6.07) is 14.6. The minimum absolute atomic E-state index is 0.164. The second kappa shape index (κ2) is 6.45. The van der Waals surface area contributed by atoms with Crippen LogP contribution >= 0.6 is 0 Å². The van der Waals surface area contributed by atoms with Crippen LogP contribution in [0.15, 0.2) is 42.5 Å². The van der Waals surface area contributed by atoms with Crippen LogP contribution in [0.25, 0.3) is 11.1 Å². The highest BCUT2D eigenvalue weighted by Gasteiger charge is 2.39. The average molecular weight is 381 g/mol. The number of ether oxygens (including phenoxy) is 2. The minimum atomic E-state index is -1.88. The third-order valence-corrected chi connectivity index (χ3v) is 10.4. The first-order chi connectivity index (χ1) is 12.8. The number of fused-ring (bicyclic) bond motifs is 4. The molecule has 0 aromatic heterocycles. The van der Waals surface area contributed by atoms with Crippen LogP contribution in [0.4, 0.5) is 0 Å². The zero-order valence-electron chi connectivity index (χ0n) is 16.9. The Kier molecular flexibility index (Phi) is 4.34. The van der Waals surface area contributed by atoms with Crippen LogP contribution < -0.4 is 13.9 Å². The van der Waals surface area contributed by atoms with Crippen LogP contribution in [0, 0.1) is 0 Å². The topological polar surface area (TPSA) is 27.7 Å². The maximum absolute atomic E-state index is 6.48. The van der Waals surface area contributed by atoms with Gasteiger partial charge in [-0.1, -0.05) is 39.0 Å². The van der Waals surface area contributed by atoms with Gasteiger partial charge in [-0.05, 0) is 41.9 Å². The lowest BCUT2D eigenvalue weighted by atomic mass is 9.91. The second-order valence-corrected chi connectivity index (χ2v) is 13.6. The number of hydrogen-bond donors (Lipinski definition) is 0. The lowest BCUT2D eigenvalue weighted by Crippen LogP contribution is -2.43. The molecule has 4 rings (SSSR count). The van der Waals surface area contributed by atoms with E-state index >= 15 is 0 Å². The van der Waals surface area contributed by atoms with E-state index in [4.69, 9.17) is 13.9 Å². The second-order valence-electron chi connectivity index (χ2n) is 8.86. The van der Waals surface area contributed by atoms with Crippen LogP contribution in [0.2, 0.25) is 18.1 Å². The Hall–Kier alpha value is -2.20. The van der Waals surface area contributed by atoms with Gasteiger partial charge >= 0.3 is 0 Å². The largest absolute Gasteiger partial charge is 0.543 e. The summed E-state index contributed by atoms with van der Waals surface area (Å²) in [6.45, 7) is 12.6. The van der Waals surface area contributed by atoms with E-state index in [2.05, 4.69) is 64.2 Å². The normalized spacial score (nSPS) is 16.3. The Morgan fingerprint density at radius 2 is 1.63 bits per heavy atom. The Morgan fingerprint density at radius 1 is 0.889 bits per heavy atom. The van der Waals surface area contributed by atoms with Crippen molar-refractivity contribution >= 4 is 19.5 Å². The Morgan fingerprint density at radius 3 is 2.41 bits per heavy atom. The van der Waals surface area contributed by atoms with Crippen LogP contribution in [0.3, 0.4) is 0 Å². The SMILES string of the molecule is CC(C)(C)[Si](C)(C)Oc1ccc2c(c1)OCCC1=C2COc2ccccc21. The van der Waals surface area contributed by atoms with Gasteiger partial charge in [-0.15, -0.1) is 0 Å². The van der Waals surface area contributed by atoms with Gasteiger partial charge in [-0.25, -0.2) is 0 Å². The monoisotopic (exact) mass is 380 g/mol. The van der Waals surface area contributed by atoms with Gasteiger partial charge in [0, 0.05) is 29.2 Å². The van der Waals surface area contributed by atoms with Crippen molar-refractivity contribution in [1.82, 2.24) is 0 Å². The van der Waals surface area contributed by atoms with Crippen molar-refractivity contribution in [2.45, 2.75) is 45.3 Å². The van der Waals surface area contributed by atoms with Gasteiger partial charge in [-0.3, -0.25) is 0 Å². The highest BCUT2D eigenvalue weighted by molar-refractivity contribution is 6.74. The highest BCUT2D eigenvalue weighted by Crippen LogP contribution is 2.45. The summed E-state index contributed by atoms with van der Waals surface area (Å²) in [6.07, 6.45) is 0.892. The van der Waals surface area contributed by atoms with Crippen LogP contribution in [-0.4, -0.2) is 21.5 Å². The summed E-state index contributed by atoms with van der Waals surface area (Å²) < 4.78 is 18.6. The molecule has 0 radical (unpaired) electrons. The first kappa shape index (κ1) is 18.2. The van der Waals surface area contributed by atoms with Crippen molar-refractivity contribution < 1.29 is 13.9 Å². The molecule has 2 aliphatic heterocycles. The van der Waals surface area contributed by atoms with Gasteiger partial charge in [0.05, 0.1) is 6.61 Å².